The summed E-state index contributed by atoms with van der Waals surface area (Å²) in [5.41, 5.74) is 0.239. The summed E-state index contributed by atoms with van der Waals surface area (Å²) in [6.45, 7) is 5.71. The van der Waals surface area contributed by atoms with Gasteiger partial charge in [-0.05, 0) is 5.92 Å². The third-order valence-electron chi connectivity index (χ3n) is 2.56. The zero-order valence-corrected chi connectivity index (χ0v) is 10.0. The molecule has 0 spiro atoms. The van der Waals surface area contributed by atoms with E-state index in [4.69, 9.17) is 4.84 Å². The maximum Gasteiger partial charge on any atom is 0.294 e. The van der Waals surface area contributed by atoms with Crippen molar-refractivity contribution in [3.8, 4) is 0 Å². The summed E-state index contributed by atoms with van der Waals surface area (Å²) in [5, 5.41) is 1.34. The number of hydrogen-bond donors (Lipinski definition) is 0. The number of pyridine rings is 1. The largest absolute Gasteiger partial charge is 0.341 e. The molecule has 1 aromatic heterocycles. The van der Waals surface area contributed by atoms with Gasteiger partial charge in [0, 0.05) is 24.9 Å². The van der Waals surface area contributed by atoms with Crippen molar-refractivity contribution in [3.05, 3.63) is 34.2 Å². The molecule has 0 bridgehead atoms. The van der Waals surface area contributed by atoms with Crippen LogP contribution >= 0.6 is 0 Å². The molecular weight excluding hydrogens is 220 g/mol. The molecule has 2 heterocycles. The molecule has 0 aliphatic carbocycles. The van der Waals surface area contributed by atoms with Crippen LogP contribution in [0, 0.1) is 5.92 Å². The van der Waals surface area contributed by atoms with Gasteiger partial charge in [0.15, 0.2) is 5.43 Å². The first-order chi connectivity index (χ1) is 8.08. The topological polar surface area (TPSA) is 51.5 Å². The molecule has 17 heavy (non-hydrogen) atoms. The van der Waals surface area contributed by atoms with Gasteiger partial charge in [0.05, 0.1) is 13.2 Å². The van der Waals surface area contributed by atoms with Crippen LogP contribution in [0.1, 0.15) is 24.3 Å². The monoisotopic (exact) mass is 236 g/mol. The van der Waals surface area contributed by atoms with Crippen molar-refractivity contribution in [2.24, 2.45) is 5.92 Å². The van der Waals surface area contributed by atoms with E-state index in [1.54, 1.807) is 10.8 Å². The molecule has 92 valence electrons. The second kappa shape index (κ2) is 4.71. The lowest BCUT2D eigenvalue weighted by Crippen LogP contribution is -2.41. The Morgan fingerprint density at radius 2 is 2.12 bits per heavy atom. The van der Waals surface area contributed by atoms with Crippen LogP contribution in [0.4, 0.5) is 0 Å². The van der Waals surface area contributed by atoms with E-state index in [0.717, 1.165) is 0 Å². The number of fused-ring (bicyclic) bond motifs is 1. The van der Waals surface area contributed by atoms with Gasteiger partial charge in [0.2, 0.25) is 0 Å². The van der Waals surface area contributed by atoms with Crippen molar-refractivity contribution in [2.45, 2.75) is 20.4 Å². The molecule has 0 N–H and O–H groups in total. The van der Waals surface area contributed by atoms with Crippen molar-refractivity contribution in [3.63, 3.8) is 0 Å². The molecule has 0 saturated heterocycles. The Labute approximate surface area is 99.6 Å². The lowest BCUT2D eigenvalue weighted by Gasteiger charge is -2.29. The first-order valence-electron chi connectivity index (χ1n) is 5.73. The van der Waals surface area contributed by atoms with Gasteiger partial charge in [-0.25, -0.2) is 5.06 Å². The maximum atomic E-state index is 12.0. The molecule has 0 fully saturated rings. The molecule has 1 amide bonds. The highest BCUT2D eigenvalue weighted by Gasteiger charge is 2.24. The Morgan fingerprint density at radius 1 is 1.35 bits per heavy atom. The first kappa shape index (κ1) is 11.9. The normalized spacial score (nSPS) is 15.2. The van der Waals surface area contributed by atoms with Gasteiger partial charge in [-0.1, -0.05) is 13.8 Å². The Balaban J connectivity index is 2.17. The Bertz CT molecular complexity index is 479. The van der Waals surface area contributed by atoms with E-state index in [9.17, 15) is 9.59 Å². The summed E-state index contributed by atoms with van der Waals surface area (Å²) in [6, 6.07) is 2.81. The average Bonchev–Trinajstić information content (AvgIpc) is 2.29. The molecule has 0 atom stereocenters. The highest BCUT2D eigenvalue weighted by atomic mass is 16.7. The Morgan fingerprint density at radius 3 is 2.82 bits per heavy atom. The SMILES string of the molecule is CC(C)CON1CCn2ccc(=O)cc2C1=O. The Kier molecular flexibility index (Phi) is 3.28. The fourth-order valence-corrected chi connectivity index (χ4v) is 1.68. The average molecular weight is 236 g/mol. The molecule has 1 aliphatic rings. The third kappa shape index (κ3) is 2.55. The van der Waals surface area contributed by atoms with Crippen LogP contribution in [0.5, 0.6) is 0 Å². The summed E-state index contributed by atoms with van der Waals surface area (Å²) in [4.78, 5) is 28.7. The van der Waals surface area contributed by atoms with Crippen LogP contribution in [-0.4, -0.2) is 28.7 Å². The molecule has 1 aromatic rings. The predicted molar refractivity (Wildman–Crippen MR) is 62.5 cm³/mol. The zero-order chi connectivity index (χ0) is 12.4. The summed E-state index contributed by atoms with van der Waals surface area (Å²) in [6.07, 6.45) is 1.65. The summed E-state index contributed by atoms with van der Waals surface area (Å²) < 4.78 is 1.78. The van der Waals surface area contributed by atoms with Crippen molar-refractivity contribution in [2.75, 3.05) is 13.2 Å². The zero-order valence-electron chi connectivity index (χ0n) is 10.0. The van der Waals surface area contributed by atoms with Gasteiger partial charge in [0.25, 0.3) is 5.91 Å². The van der Waals surface area contributed by atoms with Crippen LogP contribution in [-0.2, 0) is 11.4 Å². The minimum absolute atomic E-state index is 0.157. The van der Waals surface area contributed by atoms with Gasteiger partial charge < -0.3 is 4.57 Å². The number of carbonyl (C=O) groups is 1. The smallest absolute Gasteiger partial charge is 0.294 e. The number of hydroxylamine groups is 2. The van der Waals surface area contributed by atoms with Crippen molar-refractivity contribution in [1.82, 2.24) is 9.63 Å². The van der Waals surface area contributed by atoms with Crippen molar-refractivity contribution >= 4 is 5.91 Å². The Hall–Kier alpha value is -1.62. The summed E-state index contributed by atoms with van der Waals surface area (Å²) in [7, 11) is 0. The summed E-state index contributed by atoms with van der Waals surface area (Å²) >= 11 is 0. The van der Waals surface area contributed by atoms with Gasteiger partial charge in [0.1, 0.15) is 5.69 Å². The molecule has 0 aromatic carbocycles. The molecule has 1 aliphatic heterocycles. The molecular formula is C12H16N2O3. The molecule has 0 saturated carbocycles. The van der Waals surface area contributed by atoms with Crippen molar-refractivity contribution < 1.29 is 9.63 Å². The summed E-state index contributed by atoms with van der Waals surface area (Å²) in [5.74, 6) is 0.122. The van der Waals surface area contributed by atoms with E-state index < -0.39 is 0 Å². The van der Waals surface area contributed by atoms with Crippen LogP contribution < -0.4 is 5.43 Å². The predicted octanol–water partition coefficient (Wildman–Crippen LogP) is 0.892. The molecule has 5 heteroatoms. The van der Waals surface area contributed by atoms with Crippen molar-refractivity contribution in [1.29, 1.82) is 0 Å². The number of amides is 1. The lowest BCUT2D eigenvalue weighted by molar-refractivity contribution is -0.137. The fourth-order valence-electron chi connectivity index (χ4n) is 1.68. The lowest BCUT2D eigenvalue weighted by atomic mass is 10.2. The van der Waals surface area contributed by atoms with Gasteiger partial charge in [-0.15, -0.1) is 0 Å². The molecule has 0 unspecified atom stereocenters. The van der Waals surface area contributed by atoms with Crippen LogP contribution in [0.25, 0.3) is 0 Å². The maximum absolute atomic E-state index is 12.0. The fraction of sp³-hybridized carbons (Fsp3) is 0.500. The van der Waals surface area contributed by atoms with E-state index in [2.05, 4.69) is 0 Å². The highest BCUT2D eigenvalue weighted by molar-refractivity contribution is 5.92. The minimum atomic E-state index is -0.241. The van der Waals surface area contributed by atoms with Gasteiger partial charge in [-0.2, -0.15) is 0 Å². The number of nitrogens with zero attached hydrogens (tertiary/aromatic N) is 2. The van der Waals surface area contributed by atoms with Crippen LogP contribution in [0.3, 0.4) is 0 Å². The second-order valence-electron chi connectivity index (χ2n) is 4.54. The van der Waals surface area contributed by atoms with Crippen LogP contribution in [0.15, 0.2) is 23.1 Å². The number of carbonyl (C=O) groups excluding carboxylic acids is 1. The molecule has 0 radical (unpaired) electrons. The quantitative estimate of drug-likeness (QED) is 0.783. The number of hydrogen-bond acceptors (Lipinski definition) is 3. The first-order valence-corrected chi connectivity index (χ1v) is 5.73. The third-order valence-corrected chi connectivity index (χ3v) is 2.56. The van der Waals surface area contributed by atoms with Gasteiger partial charge in [-0.3, -0.25) is 14.4 Å². The van der Waals surface area contributed by atoms with E-state index in [1.807, 2.05) is 13.8 Å². The van der Waals surface area contributed by atoms with E-state index in [-0.39, 0.29) is 11.3 Å². The van der Waals surface area contributed by atoms with Gasteiger partial charge >= 0.3 is 0 Å². The molecule has 5 nitrogen and oxygen atoms in total. The second-order valence-corrected chi connectivity index (χ2v) is 4.54. The van der Waals surface area contributed by atoms with Crippen LogP contribution in [0.2, 0.25) is 0 Å². The molecule has 2 rings (SSSR count). The number of rotatable bonds is 3. The minimum Gasteiger partial charge on any atom is -0.341 e. The highest BCUT2D eigenvalue weighted by Crippen LogP contribution is 2.11. The number of aromatic nitrogens is 1. The van der Waals surface area contributed by atoms with E-state index >= 15 is 0 Å². The van der Waals surface area contributed by atoms with E-state index in [1.165, 1.54) is 17.2 Å². The standard InChI is InChI=1S/C12H16N2O3/c1-9(2)8-17-14-6-5-13-4-3-10(15)7-11(13)12(14)16/h3-4,7,9H,5-6,8H2,1-2H3. The van der Waals surface area contributed by atoms with E-state index in [0.29, 0.717) is 31.3 Å².